The fraction of sp³-hybridized carbons (Fsp3) is 0.647. The van der Waals surface area contributed by atoms with Crippen LogP contribution in [0.2, 0.25) is 0 Å². The van der Waals surface area contributed by atoms with E-state index in [4.69, 9.17) is 0 Å². The second kappa shape index (κ2) is 6.70. The summed E-state index contributed by atoms with van der Waals surface area (Å²) in [6.45, 7) is 6.36. The molecule has 1 aliphatic heterocycles. The molecule has 1 aromatic rings. The highest BCUT2D eigenvalue weighted by Gasteiger charge is 2.28. The molecule has 0 aromatic heterocycles. The Kier molecular flexibility index (Phi) is 5.19. The second-order valence-electron chi connectivity index (χ2n) is 6.35. The zero-order valence-electron chi connectivity index (χ0n) is 13.2. The minimum atomic E-state index is -0.406. The number of aliphatic hydroxyl groups is 1. The summed E-state index contributed by atoms with van der Waals surface area (Å²) >= 11 is 0. The molecule has 2 rings (SSSR count). The van der Waals surface area contributed by atoms with Gasteiger partial charge in [0, 0.05) is 18.6 Å². The van der Waals surface area contributed by atoms with Gasteiger partial charge < -0.3 is 10.0 Å². The number of nitrogens with zero attached hydrogens (tertiary/aromatic N) is 2. The third-order valence-electron chi connectivity index (χ3n) is 4.61. The fourth-order valence-electron chi connectivity index (χ4n) is 3.02. The smallest absolute Gasteiger partial charge is 0.0942 e. The van der Waals surface area contributed by atoms with Gasteiger partial charge in [-0.3, -0.25) is 4.90 Å². The van der Waals surface area contributed by atoms with Crippen molar-refractivity contribution < 1.29 is 5.11 Å². The van der Waals surface area contributed by atoms with E-state index >= 15 is 0 Å². The Labute approximate surface area is 123 Å². The van der Waals surface area contributed by atoms with E-state index in [0.29, 0.717) is 6.04 Å². The van der Waals surface area contributed by atoms with Crippen molar-refractivity contribution in [1.82, 2.24) is 9.80 Å². The van der Waals surface area contributed by atoms with Gasteiger partial charge in [-0.15, -0.1) is 0 Å². The predicted octanol–water partition coefficient (Wildman–Crippen LogP) is 2.44. The number of aryl methyl sites for hydroxylation is 1. The highest BCUT2D eigenvalue weighted by molar-refractivity contribution is 5.24. The number of hydrogen-bond acceptors (Lipinski definition) is 3. The SMILES string of the molecule is Cc1ccc(C(O)C(C)N2CCCC(N(C)C)C2)cc1. The van der Waals surface area contributed by atoms with Crippen LogP contribution < -0.4 is 0 Å². The van der Waals surface area contributed by atoms with Crippen LogP contribution in [-0.2, 0) is 0 Å². The second-order valence-corrected chi connectivity index (χ2v) is 6.35. The Morgan fingerprint density at radius 2 is 1.90 bits per heavy atom. The number of likely N-dealkylation sites (tertiary alicyclic amines) is 1. The molecule has 0 bridgehead atoms. The van der Waals surface area contributed by atoms with Crippen LogP contribution in [0.1, 0.15) is 37.0 Å². The minimum absolute atomic E-state index is 0.167. The molecule has 1 saturated heterocycles. The summed E-state index contributed by atoms with van der Waals surface area (Å²) in [4.78, 5) is 4.73. The molecular formula is C17H28N2O. The topological polar surface area (TPSA) is 26.7 Å². The van der Waals surface area contributed by atoms with E-state index in [1.54, 1.807) is 0 Å². The summed E-state index contributed by atoms with van der Waals surface area (Å²) in [5.41, 5.74) is 2.26. The van der Waals surface area contributed by atoms with Crippen LogP contribution in [0.15, 0.2) is 24.3 Å². The molecule has 3 unspecified atom stereocenters. The summed E-state index contributed by atoms with van der Waals surface area (Å²) < 4.78 is 0. The molecule has 0 amide bonds. The lowest BCUT2D eigenvalue weighted by Crippen LogP contribution is -2.49. The Morgan fingerprint density at radius 3 is 2.50 bits per heavy atom. The molecule has 1 heterocycles. The lowest BCUT2D eigenvalue weighted by atomic mass is 9.97. The van der Waals surface area contributed by atoms with Gasteiger partial charge in [-0.2, -0.15) is 0 Å². The molecule has 3 nitrogen and oxygen atoms in total. The molecule has 1 N–H and O–H groups in total. The number of hydrogen-bond donors (Lipinski definition) is 1. The molecule has 3 heteroatoms. The van der Waals surface area contributed by atoms with E-state index in [9.17, 15) is 5.11 Å². The van der Waals surface area contributed by atoms with Gasteiger partial charge in [-0.05, 0) is 52.9 Å². The average Bonchev–Trinajstić information content (AvgIpc) is 2.46. The van der Waals surface area contributed by atoms with Crippen LogP contribution in [0.4, 0.5) is 0 Å². The van der Waals surface area contributed by atoms with Crippen LogP contribution in [-0.4, -0.2) is 54.2 Å². The predicted molar refractivity (Wildman–Crippen MR) is 83.9 cm³/mol. The zero-order chi connectivity index (χ0) is 14.7. The molecule has 0 aliphatic carbocycles. The van der Waals surface area contributed by atoms with Crippen molar-refractivity contribution in [2.75, 3.05) is 27.2 Å². The van der Waals surface area contributed by atoms with Gasteiger partial charge in [-0.1, -0.05) is 29.8 Å². The van der Waals surface area contributed by atoms with Gasteiger partial charge >= 0.3 is 0 Å². The van der Waals surface area contributed by atoms with Gasteiger partial charge in [0.05, 0.1) is 6.10 Å². The van der Waals surface area contributed by atoms with Gasteiger partial charge in [-0.25, -0.2) is 0 Å². The van der Waals surface area contributed by atoms with Crippen molar-refractivity contribution in [3.05, 3.63) is 35.4 Å². The van der Waals surface area contributed by atoms with Crippen LogP contribution in [0.5, 0.6) is 0 Å². The summed E-state index contributed by atoms with van der Waals surface area (Å²) in [6, 6.07) is 9.01. The Hall–Kier alpha value is -0.900. The van der Waals surface area contributed by atoms with Crippen LogP contribution in [0, 0.1) is 6.92 Å². The first kappa shape index (κ1) is 15.5. The molecule has 1 aromatic carbocycles. The van der Waals surface area contributed by atoms with E-state index in [-0.39, 0.29) is 6.04 Å². The quantitative estimate of drug-likeness (QED) is 0.915. The first-order chi connectivity index (χ1) is 9.49. The molecule has 1 fully saturated rings. The van der Waals surface area contributed by atoms with Crippen molar-refractivity contribution in [3.63, 3.8) is 0 Å². The van der Waals surface area contributed by atoms with Gasteiger partial charge in [0.2, 0.25) is 0 Å². The average molecular weight is 276 g/mol. The number of aliphatic hydroxyl groups excluding tert-OH is 1. The van der Waals surface area contributed by atoms with E-state index in [0.717, 1.165) is 18.7 Å². The minimum Gasteiger partial charge on any atom is -0.387 e. The van der Waals surface area contributed by atoms with Crippen LogP contribution in [0.3, 0.4) is 0 Å². The third kappa shape index (κ3) is 3.60. The van der Waals surface area contributed by atoms with Crippen molar-refractivity contribution in [2.45, 2.75) is 44.9 Å². The van der Waals surface area contributed by atoms with E-state index < -0.39 is 6.10 Å². The number of rotatable bonds is 4. The maximum Gasteiger partial charge on any atom is 0.0942 e. The molecule has 112 valence electrons. The van der Waals surface area contributed by atoms with Crippen molar-refractivity contribution in [1.29, 1.82) is 0 Å². The fourth-order valence-corrected chi connectivity index (χ4v) is 3.02. The van der Waals surface area contributed by atoms with Crippen molar-refractivity contribution in [2.24, 2.45) is 0 Å². The first-order valence-electron chi connectivity index (χ1n) is 7.64. The lowest BCUT2D eigenvalue weighted by molar-refractivity contribution is 0.0253. The molecular weight excluding hydrogens is 248 g/mol. The Balaban J connectivity index is 2.02. The van der Waals surface area contributed by atoms with Crippen LogP contribution in [0.25, 0.3) is 0 Å². The third-order valence-corrected chi connectivity index (χ3v) is 4.61. The Morgan fingerprint density at radius 1 is 1.25 bits per heavy atom. The van der Waals surface area contributed by atoms with E-state index in [1.807, 2.05) is 12.1 Å². The summed E-state index contributed by atoms with van der Waals surface area (Å²) in [7, 11) is 4.30. The standard InChI is InChI=1S/C17H28N2O/c1-13-7-9-15(10-8-13)17(20)14(2)19-11-5-6-16(12-19)18(3)4/h7-10,14,16-17,20H,5-6,11-12H2,1-4H3. The van der Waals surface area contributed by atoms with E-state index in [2.05, 4.69) is 49.9 Å². The van der Waals surface area contributed by atoms with Crippen molar-refractivity contribution in [3.8, 4) is 0 Å². The number of piperidine rings is 1. The number of benzene rings is 1. The molecule has 1 aliphatic rings. The van der Waals surface area contributed by atoms with E-state index in [1.165, 1.54) is 18.4 Å². The lowest BCUT2D eigenvalue weighted by Gasteiger charge is -2.40. The monoisotopic (exact) mass is 276 g/mol. The van der Waals surface area contributed by atoms with Gasteiger partial charge in [0.15, 0.2) is 0 Å². The van der Waals surface area contributed by atoms with Gasteiger partial charge in [0.1, 0.15) is 0 Å². The summed E-state index contributed by atoms with van der Waals surface area (Å²) in [5, 5.41) is 10.6. The molecule has 0 radical (unpaired) electrons. The zero-order valence-corrected chi connectivity index (χ0v) is 13.2. The van der Waals surface area contributed by atoms with Gasteiger partial charge in [0.25, 0.3) is 0 Å². The highest BCUT2D eigenvalue weighted by atomic mass is 16.3. The van der Waals surface area contributed by atoms with Crippen molar-refractivity contribution >= 4 is 0 Å². The van der Waals surface area contributed by atoms with Crippen LogP contribution >= 0.6 is 0 Å². The molecule has 3 atom stereocenters. The molecule has 20 heavy (non-hydrogen) atoms. The summed E-state index contributed by atoms with van der Waals surface area (Å²) in [5.74, 6) is 0. The maximum atomic E-state index is 10.6. The molecule has 0 saturated carbocycles. The Bertz CT molecular complexity index is 416. The highest BCUT2D eigenvalue weighted by Crippen LogP contribution is 2.25. The number of likely N-dealkylation sites (N-methyl/N-ethyl adjacent to an activating group) is 1. The summed E-state index contributed by atoms with van der Waals surface area (Å²) in [6.07, 6.45) is 2.07. The molecule has 0 spiro atoms. The first-order valence-corrected chi connectivity index (χ1v) is 7.64. The maximum absolute atomic E-state index is 10.6. The largest absolute Gasteiger partial charge is 0.387 e. The normalized spacial score (nSPS) is 23.8.